The van der Waals surface area contributed by atoms with Gasteiger partial charge in [-0.25, -0.2) is 0 Å². The van der Waals surface area contributed by atoms with E-state index in [0.717, 1.165) is 12.8 Å². The van der Waals surface area contributed by atoms with Crippen LogP contribution in [0.15, 0.2) is 12.1 Å². The van der Waals surface area contributed by atoms with E-state index >= 15 is 0 Å². The van der Waals surface area contributed by atoms with Gasteiger partial charge in [0.15, 0.2) is 0 Å². The van der Waals surface area contributed by atoms with Gasteiger partial charge in [-0.05, 0) is 24.0 Å². The van der Waals surface area contributed by atoms with Crippen LogP contribution in [0.2, 0.25) is 0 Å². The molecule has 0 aliphatic carbocycles. The van der Waals surface area contributed by atoms with E-state index in [1.807, 2.05) is 0 Å². The Hall–Kier alpha value is -0.820. The molecule has 0 saturated carbocycles. The van der Waals surface area contributed by atoms with E-state index in [1.165, 1.54) is 21.9 Å². The molecule has 0 spiro atoms. The van der Waals surface area contributed by atoms with Gasteiger partial charge >= 0.3 is 0 Å². The Morgan fingerprint density at radius 3 is 2.69 bits per heavy atom. The van der Waals surface area contributed by atoms with E-state index < -0.39 is 0 Å². The van der Waals surface area contributed by atoms with Crippen molar-refractivity contribution in [2.45, 2.75) is 26.7 Å². The molecule has 66 valence electrons. The Morgan fingerprint density at radius 1 is 1.15 bits per heavy atom. The van der Waals surface area contributed by atoms with Crippen molar-refractivity contribution in [1.29, 1.82) is 0 Å². The van der Waals surface area contributed by atoms with Crippen molar-refractivity contribution in [2.75, 3.05) is 0 Å². The fourth-order valence-corrected chi connectivity index (χ4v) is 2.43. The monoisotopic (exact) mass is 188 g/mol. The molecule has 0 nitrogen and oxygen atoms in total. The van der Waals surface area contributed by atoms with Crippen LogP contribution in [-0.4, -0.2) is 0 Å². The third kappa shape index (κ3) is 1.37. The Balaban J connectivity index is 2.74. The largest absolute Gasteiger partial charge is 0.132 e. The van der Waals surface area contributed by atoms with Crippen molar-refractivity contribution in [2.24, 2.45) is 0 Å². The van der Waals surface area contributed by atoms with Crippen LogP contribution in [0.4, 0.5) is 0 Å². The van der Waals surface area contributed by atoms with Crippen LogP contribution in [0.25, 0.3) is 10.8 Å². The van der Waals surface area contributed by atoms with E-state index in [1.54, 1.807) is 11.3 Å². The minimum Gasteiger partial charge on any atom is -0.132 e. The molecule has 2 aromatic rings. The molecule has 2 radical (unpaired) electrons. The summed E-state index contributed by atoms with van der Waals surface area (Å²) in [5.41, 5.74) is 2.91. The zero-order valence-electron chi connectivity index (χ0n) is 7.98. The molecule has 1 aromatic heterocycles. The van der Waals surface area contributed by atoms with Crippen LogP contribution in [-0.2, 0) is 12.8 Å². The molecule has 0 atom stereocenters. The summed E-state index contributed by atoms with van der Waals surface area (Å²) in [7, 11) is 0. The van der Waals surface area contributed by atoms with Crippen molar-refractivity contribution in [3.63, 3.8) is 0 Å². The lowest BCUT2D eigenvalue weighted by molar-refractivity contribution is 1.05. The zero-order chi connectivity index (χ0) is 9.26. The Morgan fingerprint density at radius 2 is 2.00 bits per heavy atom. The molecular formula is C12H12S. The van der Waals surface area contributed by atoms with E-state index in [9.17, 15) is 0 Å². The molecular weight excluding hydrogens is 176 g/mol. The molecule has 0 fully saturated rings. The number of thiophene rings is 1. The molecule has 1 heterocycles. The predicted octanol–water partition coefficient (Wildman–Crippen LogP) is 3.63. The van der Waals surface area contributed by atoms with Crippen molar-refractivity contribution in [3.8, 4) is 0 Å². The number of fused-ring (bicyclic) bond motifs is 1. The summed E-state index contributed by atoms with van der Waals surface area (Å²) < 4.78 is 0. The van der Waals surface area contributed by atoms with E-state index in [0.29, 0.717) is 0 Å². The van der Waals surface area contributed by atoms with Gasteiger partial charge in [0, 0.05) is 10.8 Å². The highest BCUT2D eigenvalue weighted by Gasteiger charge is 2.05. The maximum atomic E-state index is 3.30. The molecule has 0 saturated heterocycles. The third-order valence-electron chi connectivity index (χ3n) is 2.46. The third-order valence-corrected chi connectivity index (χ3v) is 3.09. The normalized spacial score (nSPS) is 10.9. The lowest BCUT2D eigenvalue weighted by atomic mass is 9.98. The summed E-state index contributed by atoms with van der Waals surface area (Å²) in [6, 6.07) is 4.37. The smallest absolute Gasteiger partial charge is 0.0537 e. The van der Waals surface area contributed by atoms with Crippen molar-refractivity contribution < 1.29 is 0 Å². The Kier molecular flexibility index (Phi) is 2.36. The van der Waals surface area contributed by atoms with Crippen LogP contribution < -0.4 is 0 Å². The number of aryl methyl sites for hydroxylation is 2. The van der Waals surface area contributed by atoms with Crippen molar-refractivity contribution in [1.82, 2.24) is 0 Å². The molecule has 0 bridgehead atoms. The average Bonchev–Trinajstić information content (AvgIpc) is 2.63. The zero-order valence-corrected chi connectivity index (χ0v) is 8.79. The van der Waals surface area contributed by atoms with Gasteiger partial charge in [-0.2, -0.15) is 0 Å². The van der Waals surface area contributed by atoms with E-state index in [2.05, 4.69) is 36.7 Å². The Labute approximate surface area is 83.2 Å². The van der Waals surface area contributed by atoms with Crippen LogP contribution in [0.5, 0.6) is 0 Å². The van der Waals surface area contributed by atoms with E-state index in [4.69, 9.17) is 0 Å². The molecule has 1 heteroatoms. The minimum absolute atomic E-state index is 1.10. The standard InChI is InChI=1S/C12H12S/c1-3-9-5-6-10-7-13-8-12(10)11(9)4-2/h5-6H,3-4H2,1-2H3. The second-order valence-electron chi connectivity index (χ2n) is 3.14. The fourth-order valence-electron chi connectivity index (χ4n) is 1.76. The molecule has 0 unspecified atom stereocenters. The fraction of sp³-hybridized carbons (Fsp3) is 0.333. The summed E-state index contributed by atoms with van der Waals surface area (Å²) in [5.74, 6) is 0. The number of hydrogen-bond acceptors (Lipinski definition) is 1. The lowest BCUT2D eigenvalue weighted by Gasteiger charge is -2.06. The topological polar surface area (TPSA) is 0 Å². The summed E-state index contributed by atoms with van der Waals surface area (Å²) in [4.78, 5) is 0. The predicted molar refractivity (Wildman–Crippen MR) is 58.3 cm³/mol. The minimum atomic E-state index is 1.10. The van der Waals surface area contributed by atoms with Gasteiger partial charge < -0.3 is 0 Å². The van der Waals surface area contributed by atoms with Gasteiger partial charge in [0.25, 0.3) is 0 Å². The molecule has 0 N–H and O–H groups in total. The molecule has 0 amide bonds. The molecule has 2 rings (SSSR count). The highest BCUT2D eigenvalue weighted by Crippen LogP contribution is 2.25. The first-order valence-electron chi connectivity index (χ1n) is 4.69. The highest BCUT2D eigenvalue weighted by molar-refractivity contribution is 7.08. The maximum Gasteiger partial charge on any atom is 0.0537 e. The summed E-state index contributed by atoms with van der Waals surface area (Å²) in [6.45, 7) is 4.41. The van der Waals surface area contributed by atoms with Gasteiger partial charge in [-0.15, -0.1) is 11.3 Å². The second-order valence-corrected chi connectivity index (χ2v) is 3.75. The van der Waals surface area contributed by atoms with Crippen molar-refractivity contribution in [3.05, 3.63) is 34.0 Å². The molecule has 1 aromatic carbocycles. The lowest BCUT2D eigenvalue weighted by Crippen LogP contribution is -1.90. The quantitative estimate of drug-likeness (QED) is 0.675. The summed E-state index contributed by atoms with van der Waals surface area (Å²) >= 11 is 1.55. The van der Waals surface area contributed by atoms with Gasteiger partial charge in [0.05, 0.1) is 10.8 Å². The van der Waals surface area contributed by atoms with Crippen LogP contribution in [0.3, 0.4) is 0 Å². The first kappa shape index (κ1) is 8.76. The number of benzene rings is 1. The van der Waals surface area contributed by atoms with Crippen LogP contribution >= 0.6 is 11.3 Å². The maximum absolute atomic E-state index is 3.30. The van der Waals surface area contributed by atoms with Crippen molar-refractivity contribution >= 4 is 22.1 Å². The second kappa shape index (κ2) is 3.51. The SMILES string of the molecule is CCc1ccc2[c]s[c]c2c1CC. The first-order chi connectivity index (χ1) is 6.36. The van der Waals surface area contributed by atoms with Gasteiger partial charge in [0.1, 0.15) is 0 Å². The molecule has 13 heavy (non-hydrogen) atoms. The van der Waals surface area contributed by atoms with Gasteiger partial charge in [0.2, 0.25) is 0 Å². The van der Waals surface area contributed by atoms with E-state index in [-0.39, 0.29) is 0 Å². The van der Waals surface area contributed by atoms with Crippen LogP contribution in [0, 0.1) is 10.8 Å². The van der Waals surface area contributed by atoms with Gasteiger partial charge in [-0.3, -0.25) is 0 Å². The highest BCUT2D eigenvalue weighted by atomic mass is 32.1. The molecule has 0 aliphatic rings. The summed E-state index contributed by atoms with van der Waals surface area (Å²) in [5, 5.41) is 9.04. The number of hydrogen-bond donors (Lipinski definition) is 0. The molecule has 0 aliphatic heterocycles. The average molecular weight is 188 g/mol. The number of rotatable bonds is 2. The van der Waals surface area contributed by atoms with Crippen LogP contribution in [0.1, 0.15) is 25.0 Å². The summed E-state index contributed by atoms with van der Waals surface area (Å²) in [6.07, 6.45) is 2.21. The Bertz CT molecular complexity index is 412. The van der Waals surface area contributed by atoms with Gasteiger partial charge in [-0.1, -0.05) is 26.0 Å². The first-order valence-corrected chi connectivity index (χ1v) is 5.51.